The maximum absolute atomic E-state index is 12.7. The molecule has 3 fully saturated rings. The summed E-state index contributed by atoms with van der Waals surface area (Å²) in [7, 11) is 0. The molecule has 3 rings (SSSR count). The van der Waals surface area contributed by atoms with Crippen molar-refractivity contribution in [3.63, 3.8) is 0 Å². The first-order chi connectivity index (χ1) is 12.4. The van der Waals surface area contributed by atoms with Crippen LogP contribution >= 0.6 is 0 Å². The second-order valence-electron chi connectivity index (χ2n) is 7.78. The molecule has 0 radical (unpaired) electrons. The first-order valence-corrected chi connectivity index (χ1v) is 9.62. The van der Waals surface area contributed by atoms with E-state index in [1.165, 1.54) is 0 Å². The van der Waals surface area contributed by atoms with E-state index in [9.17, 15) is 14.4 Å². The number of nitrogens with one attached hydrogen (secondary N) is 2. The number of carbonyl (C=O) groups is 3. The Morgan fingerprint density at radius 3 is 2.73 bits per heavy atom. The highest BCUT2D eigenvalue weighted by Gasteiger charge is 2.53. The highest BCUT2D eigenvalue weighted by atomic mass is 16.5. The van der Waals surface area contributed by atoms with E-state index in [0.29, 0.717) is 25.4 Å². The third-order valence-electron chi connectivity index (χ3n) is 5.69. The van der Waals surface area contributed by atoms with Crippen molar-refractivity contribution in [1.29, 1.82) is 0 Å². The molecule has 2 saturated heterocycles. The largest absolute Gasteiger partial charge is 0.376 e. The van der Waals surface area contributed by atoms with Gasteiger partial charge in [0.15, 0.2) is 0 Å². The highest BCUT2D eigenvalue weighted by molar-refractivity contribution is 6.08. The lowest BCUT2D eigenvalue weighted by Gasteiger charge is -2.33. The first-order valence-electron chi connectivity index (χ1n) is 9.62. The molecule has 0 aromatic heterocycles. The van der Waals surface area contributed by atoms with Crippen molar-refractivity contribution < 1.29 is 23.9 Å². The number of hydrogen-bond acceptors (Lipinski definition) is 5. The molecule has 3 aliphatic rings. The maximum atomic E-state index is 12.7. The molecule has 1 aliphatic carbocycles. The van der Waals surface area contributed by atoms with Gasteiger partial charge in [0.25, 0.3) is 11.8 Å². The van der Waals surface area contributed by atoms with Gasteiger partial charge in [-0.2, -0.15) is 5.01 Å². The number of hydrogen-bond donors (Lipinski definition) is 2. The van der Waals surface area contributed by atoms with Crippen molar-refractivity contribution in [2.24, 2.45) is 5.92 Å². The van der Waals surface area contributed by atoms with Crippen LogP contribution in [0.15, 0.2) is 0 Å². The van der Waals surface area contributed by atoms with Crippen LogP contribution in [-0.2, 0) is 19.1 Å². The molecule has 26 heavy (non-hydrogen) atoms. The zero-order valence-corrected chi connectivity index (χ0v) is 15.6. The molecule has 0 bridgehead atoms. The van der Waals surface area contributed by atoms with Gasteiger partial charge in [0.05, 0.1) is 12.7 Å². The summed E-state index contributed by atoms with van der Waals surface area (Å²) < 4.78 is 11.1. The van der Waals surface area contributed by atoms with E-state index < -0.39 is 23.6 Å². The minimum atomic E-state index is -0.864. The predicted octanol–water partition coefficient (Wildman–Crippen LogP) is 1.49. The highest BCUT2D eigenvalue weighted by Crippen LogP contribution is 2.35. The second kappa shape index (κ2) is 7.92. The minimum absolute atomic E-state index is 0.00298. The molecule has 146 valence electrons. The smallest absolute Gasteiger partial charge is 0.344 e. The molecular weight excluding hydrogens is 338 g/mol. The van der Waals surface area contributed by atoms with Crippen molar-refractivity contribution >= 4 is 17.8 Å². The summed E-state index contributed by atoms with van der Waals surface area (Å²) in [6.45, 7) is 4.80. The number of hydrazine groups is 1. The fraction of sp³-hybridized carbons (Fsp3) is 0.833. The molecule has 0 unspecified atom stereocenters. The molecule has 2 atom stereocenters. The lowest BCUT2D eigenvalue weighted by Crippen LogP contribution is -2.53. The summed E-state index contributed by atoms with van der Waals surface area (Å²) in [5, 5.41) is 3.59. The number of imide groups is 1. The Bertz CT molecular complexity index is 553. The number of ether oxygens (including phenoxy) is 2. The number of amides is 4. The van der Waals surface area contributed by atoms with E-state index in [1.807, 2.05) is 0 Å². The zero-order valence-electron chi connectivity index (χ0n) is 15.6. The standard InChI is InChI=1S/C18H29N3O5/c1-12-6-8-18(9-7-12)16(23)21(17(24)19-18)20-15(22)13(2)26-11-14-5-3-4-10-25-14/h12-14H,3-11H2,1-2H3,(H,19,24)(H,20,22)/t12?,13-,14+,18?/m1/s1. The van der Waals surface area contributed by atoms with E-state index in [2.05, 4.69) is 17.7 Å². The molecule has 1 spiro atoms. The lowest BCUT2D eigenvalue weighted by molar-refractivity contribution is -0.146. The molecule has 4 amide bonds. The van der Waals surface area contributed by atoms with Crippen molar-refractivity contribution in [1.82, 2.24) is 15.8 Å². The van der Waals surface area contributed by atoms with Crippen LogP contribution in [0.25, 0.3) is 0 Å². The third-order valence-corrected chi connectivity index (χ3v) is 5.69. The zero-order chi connectivity index (χ0) is 18.7. The van der Waals surface area contributed by atoms with Crippen LogP contribution in [0.1, 0.15) is 58.8 Å². The molecular formula is C18H29N3O5. The van der Waals surface area contributed by atoms with E-state index in [4.69, 9.17) is 9.47 Å². The normalized spacial score (nSPS) is 33.2. The Labute approximate surface area is 153 Å². The van der Waals surface area contributed by atoms with Gasteiger partial charge in [-0.3, -0.25) is 15.0 Å². The molecule has 2 heterocycles. The fourth-order valence-electron chi connectivity index (χ4n) is 3.78. The van der Waals surface area contributed by atoms with Crippen molar-refractivity contribution in [2.75, 3.05) is 13.2 Å². The van der Waals surface area contributed by atoms with Crippen LogP contribution in [0, 0.1) is 5.92 Å². The van der Waals surface area contributed by atoms with Gasteiger partial charge in [-0.05, 0) is 57.8 Å². The Morgan fingerprint density at radius 2 is 2.08 bits per heavy atom. The van der Waals surface area contributed by atoms with Crippen LogP contribution in [0.2, 0.25) is 0 Å². The Balaban J connectivity index is 1.51. The summed E-state index contributed by atoms with van der Waals surface area (Å²) in [6.07, 6.45) is 5.28. The fourth-order valence-corrected chi connectivity index (χ4v) is 3.78. The van der Waals surface area contributed by atoms with E-state index in [1.54, 1.807) is 6.92 Å². The topological polar surface area (TPSA) is 97.0 Å². The monoisotopic (exact) mass is 367 g/mol. The van der Waals surface area contributed by atoms with Crippen LogP contribution in [0.3, 0.4) is 0 Å². The Kier molecular flexibility index (Phi) is 5.82. The maximum Gasteiger partial charge on any atom is 0.344 e. The Hall–Kier alpha value is -1.67. The molecule has 8 nitrogen and oxygen atoms in total. The van der Waals surface area contributed by atoms with Crippen molar-refractivity contribution in [3.8, 4) is 0 Å². The average Bonchev–Trinajstić information content (AvgIpc) is 2.87. The van der Waals surface area contributed by atoms with Crippen LogP contribution in [0.5, 0.6) is 0 Å². The van der Waals surface area contributed by atoms with Gasteiger partial charge in [0.2, 0.25) is 0 Å². The number of rotatable bonds is 5. The third kappa shape index (κ3) is 4.01. The lowest BCUT2D eigenvalue weighted by atomic mass is 9.77. The van der Waals surface area contributed by atoms with Crippen LogP contribution in [0.4, 0.5) is 4.79 Å². The van der Waals surface area contributed by atoms with Gasteiger partial charge in [-0.25, -0.2) is 4.79 Å². The minimum Gasteiger partial charge on any atom is -0.376 e. The SMILES string of the molecule is CC1CCC2(CC1)NC(=O)N(NC(=O)[C@@H](C)OC[C@@H]1CCCCO1)C2=O. The van der Waals surface area contributed by atoms with Crippen molar-refractivity contribution in [3.05, 3.63) is 0 Å². The van der Waals surface area contributed by atoms with Crippen LogP contribution < -0.4 is 10.7 Å². The molecule has 0 aromatic carbocycles. The quantitative estimate of drug-likeness (QED) is 0.718. The molecule has 1 saturated carbocycles. The molecule has 2 N–H and O–H groups in total. The summed E-state index contributed by atoms with van der Waals surface area (Å²) >= 11 is 0. The first kappa shape index (κ1) is 19.1. The molecule has 2 aliphatic heterocycles. The molecule has 8 heteroatoms. The van der Waals surface area contributed by atoms with Gasteiger partial charge in [0.1, 0.15) is 11.6 Å². The van der Waals surface area contributed by atoms with Crippen molar-refractivity contribution in [2.45, 2.75) is 76.5 Å². The summed E-state index contributed by atoms with van der Waals surface area (Å²) in [5.41, 5.74) is 1.55. The average molecular weight is 367 g/mol. The van der Waals surface area contributed by atoms with Gasteiger partial charge >= 0.3 is 6.03 Å². The second-order valence-corrected chi connectivity index (χ2v) is 7.78. The van der Waals surface area contributed by atoms with E-state index >= 15 is 0 Å². The number of carbonyl (C=O) groups excluding carboxylic acids is 3. The van der Waals surface area contributed by atoms with Gasteiger partial charge in [0, 0.05) is 6.61 Å². The predicted molar refractivity (Wildman–Crippen MR) is 92.9 cm³/mol. The number of urea groups is 1. The number of nitrogens with zero attached hydrogens (tertiary/aromatic N) is 1. The van der Waals surface area contributed by atoms with Gasteiger partial charge < -0.3 is 14.8 Å². The van der Waals surface area contributed by atoms with Gasteiger partial charge in [-0.15, -0.1) is 0 Å². The summed E-state index contributed by atoms with van der Waals surface area (Å²) in [4.78, 5) is 37.3. The molecule has 0 aromatic rings. The summed E-state index contributed by atoms with van der Waals surface area (Å²) in [6, 6.07) is -0.569. The Morgan fingerprint density at radius 1 is 1.35 bits per heavy atom. The van der Waals surface area contributed by atoms with E-state index in [0.717, 1.165) is 43.7 Å². The van der Waals surface area contributed by atoms with Gasteiger partial charge in [-0.1, -0.05) is 6.92 Å². The summed E-state index contributed by atoms with van der Waals surface area (Å²) in [5.74, 6) is -0.333. The van der Waals surface area contributed by atoms with Crippen LogP contribution in [-0.4, -0.2) is 53.8 Å². The van der Waals surface area contributed by atoms with E-state index in [-0.39, 0.29) is 12.0 Å².